The van der Waals surface area contributed by atoms with Crippen LogP contribution in [0.5, 0.6) is 0 Å². The van der Waals surface area contributed by atoms with Gasteiger partial charge in [0, 0.05) is 13.1 Å². The third kappa shape index (κ3) is 2.00. The largest absolute Gasteiger partial charge is 0.369 e. The van der Waals surface area contributed by atoms with Gasteiger partial charge in [0.05, 0.1) is 11.7 Å². The quantitative estimate of drug-likeness (QED) is 0.786. The van der Waals surface area contributed by atoms with Crippen molar-refractivity contribution in [3.05, 3.63) is 21.7 Å². The lowest BCUT2D eigenvalue weighted by Gasteiger charge is -2.21. The minimum atomic E-state index is -0.590. The van der Waals surface area contributed by atoms with Crippen molar-refractivity contribution in [3.63, 3.8) is 0 Å². The number of nitrogens with two attached hydrogens (primary N) is 1. The molecule has 1 aliphatic heterocycles. The van der Waals surface area contributed by atoms with Gasteiger partial charge in [0.2, 0.25) is 5.91 Å². The number of rotatable bonds is 2. The van der Waals surface area contributed by atoms with Crippen molar-refractivity contribution >= 4 is 23.3 Å². The number of anilines is 1. The van der Waals surface area contributed by atoms with Crippen LogP contribution in [0.1, 0.15) is 13.3 Å². The monoisotopic (exact) mass is 256 g/mol. The van der Waals surface area contributed by atoms with Crippen LogP contribution in [0.15, 0.2) is 11.1 Å². The summed E-state index contributed by atoms with van der Waals surface area (Å²) in [7, 11) is 0. The number of nitrogens with zero attached hydrogens (tertiary/aromatic N) is 2. The summed E-state index contributed by atoms with van der Waals surface area (Å²) < 4.78 is 0. The molecule has 0 spiro atoms. The minimum absolute atomic E-state index is 0.0428. The number of carbonyl (C=O) groups excluding carboxylic acids is 1. The highest BCUT2D eigenvalue weighted by molar-refractivity contribution is 6.32. The molecule has 1 unspecified atom stereocenters. The van der Waals surface area contributed by atoms with E-state index in [4.69, 9.17) is 17.3 Å². The maximum atomic E-state index is 11.3. The van der Waals surface area contributed by atoms with E-state index in [1.54, 1.807) is 6.92 Å². The highest BCUT2D eigenvalue weighted by Gasteiger charge is 2.40. The molecule has 1 saturated heterocycles. The third-order valence-electron chi connectivity index (χ3n) is 3.15. The van der Waals surface area contributed by atoms with Gasteiger partial charge in [-0.1, -0.05) is 11.6 Å². The van der Waals surface area contributed by atoms with E-state index >= 15 is 0 Å². The summed E-state index contributed by atoms with van der Waals surface area (Å²) in [5, 5.41) is 0.0428. The van der Waals surface area contributed by atoms with E-state index < -0.39 is 5.41 Å². The molecule has 0 aromatic carbocycles. The van der Waals surface area contributed by atoms with E-state index in [-0.39, 0.29) is 16.5 Å². The Balaban J connectivity index is 2.30. The Morgan fingerprint density at radius 1 is 1.71 bits per heavy atom. The molecule has 1 atom stereocenters. The van der Waals surface area contributed by atoms with Gasteiger partial charge in [0.15, 0.2) is 5.82 Å². The van der Waals surface area contributed by atoms with Gasteiger partial charge in [-0.15, -0.1) is 0 Å². The Labute approximate surface area is 103 Å². The SMILES string of the molecule is CC1(C(N)=O)CCN(c2nc[nH]c(=O)c2Cl)C1. The van der Waals surface area contributed by atoms with Crippen molar-refractivity contribution in [1.82, 2.24) is 9.97 Å². The molecule has 1 amide bonds. The molecule has 0 radical (unpaired) electrons. The predicted octanol–water partition coefficient (Wildman–Crippen LogP) is 0.125. The number of halogens is 1. The Bertz CT molecular complexity index is 515. The van der Waals surface area contributed by atoms with E-state index in [1.165, 1.54) is 6.33 Å². The lowest BCUT2D eigenvalue weighted by Crippen LogP contribution is -2.37. The maximum absolute atomic E-state index is 11.3. The number of amides is 1. The number of hydrogen-bond donors (Lipinski definition) is 2. The molecule has 0 bridgehead atoms. The Kier molecular flexibility index (Phi) is 2.82. The number of H-pyrrole nitrogens is 1. The summed E-state index contributed by atoms with van der Waals surface area (Å²) in [4.78, 5) is 30.9. The van der Waals surface area contributed by atoms with Crippen molar-refractivity contribution in [2.24, 2.45) is 11.1 Å². The molecule has 7 heteroatoms. The summed E-state index contributed by atoms with van der Waals surface area (Å²) in [6.07, 6.45) is 1.93. The first-order valence-electron chi connectivity index (χ1n) is 5.22. The Morgan fingerprint density at radius 2 is 2.41 bits per heavy atom. The van der Waals surface area contributed by atoms with Crippen LogP contribution in [0.4, 0.5) is 5.82 Å². The minimum Gasteiger partial charge on any atom is -0.369 e. The number of hydrogen-bond acceptors (Lipinski definition) is 4. The highest BCUT2D eigenvalue weighted by atomic mass is 35.5. The molecule has 1 aromatic rings. The molecule has 3 N–H and O–H groups in total. The zero-order chi connectivity index (χ0) is 12.6. The fourth-order valence-corrected chi connectivity index (χ4v) is 2.16. The smallest absolute Gasteiger partial charge is 0.271 e. The van der Waals surface area contributed by atoms with Crippen molar-refractivity contribution < 1.29 is 4.79 Å². The summed E-state index contributed by atoms with van der Waals surface area (Å²) >= 11 is 5.88. The van der Waals surface area contributed by atoms with E-state index in [0.29, 0.717) is 25.3 Å². The van der Waals surface area contributed by atoms with Gasteiger partial charge < -0.3 is 15.6 Å². The molecule has 2 heterocycles. The van der Waals surface area contributed by atoms with Crippen molar-refractivity contribution in [3.8, 4) is 0 Å². The first kappa shape index (κ1) is 11.9. The molecule has 2 rings (SSSR count). The fraction of sp³-hybridized carbons (Fsp3) is 0.500. The highest BCUT2D eigenvalue weighted by Crippen LogP contribution is 2.33. The molecule has 1 aliphatic rings. The van der Waals surface area contributed by atoms with Crippen LogP contribution in [0, 0.1) is 5.41 Å². The number of carbonyl (C=O) groups is 1. The average molecular weight is 257 g/mol. The normalized spacial score (nSPS) is 24.0. The second kappa shape index (κ2) is 4.03. The lowest BCUT2D eigenvalue weighted by molar-refractivity contribution is -0.125. The van der Waals surface area contributed by atoms with Crippen molar-refractivity contribution in [1.29, 1.82) is 0 Å². The van der Waals surface area contributed by atoms with Crippen LogP contribution in [0.3, 0.4) is 0 Å². The molecule has 17 heavy (non-hydrogen) atoms. The van der Waals surface area contributed by atoms with Crippen LogP contribution >= 0.6 is 11.6 Å². The van der Waals surface area contributed by atoms with Crippen LogP contribution in [-0.4, -0.2) is 29.0 Å². The fourth-order valence-electron chi connectivity index (χ4n) is 1.94. The van der Waals surface area contributed by atoms with Gasteiger partial charge in [-0.2, -0.15) is 0 Å². The average Bonchev–Trinajstić information content (AvgIpc) is 2.66. The molecule has 1 fully saturated rings. The molecule has 1 aromatic heterocycles. The van der Waals surface area contributed by atoms with Gasteiger partial charge in [0.25, 0.3) is 5.56 Å². The van der Waals surface area contributed by atoms with E-state index in [9.17, 15) is 9.59 Å². The zero-order valence-corrected chi connectivity index (χ0v) is 10.1. The van der Waals surface area contributed by atoms with Crippen LogP contribution in [0.2, 0.25) is 5.02 Å². The summed E-state index contributed by atoms with van der Waals surface area (Å²) in [6, 6.07) is 0. The Hall–Kier alpha value is -1.56. The van der Waals surface area contributed by atoms with Crippen LogP contribution in [-0.2, 0) is 4.79 Å². The van der Waals surface area contributed by atoms with Gasteiger partial charge in [-0.25, -0.2) is 4.98 Å². The molecule has 6 nitrogen and oxygen atoms in total. The standard InChI is InChI=1S/C10H13ClN4O2/c1-10(9(12)17)2-3-15(4-10)7-6(11)8(16)14-5-13-7/h5H,2-4H2,1H3,(H2,12,17)(H,13,14,16). The van der Waals surface area contributed by atoms with Gasteiger partial charge in [-0.05, 0) is 13.3 Å². The zero-order valence-electron chi connectivity index (χ0n) is 9.36. The lowest BCUT2D eigenvalue weighted by atomic mass is 9.89. The van der Waals surface area contributed by atoms with E-state index in [2.05, 4.69) is 9.97 Å². The number of primary amides is 1. The summed E-state index contributed by atoms with van der Waals surface area (Å²) in [5.74, 6) is 0.0568. The van der Waals surface area contributed by atoms with E-state index in [1.807, 2.05) is 4.90 Å². The van der Waals surface area contributed by atoms with Gasteiger partial charge in [0.1, 0.15) is 5.02 Å². The summed E-state index contributed by atoms with van der Waals surface area (Å²) in [5.41, 5.74) is 4.38. The van der Waals surface area contributed by atoms with Crippen molar-refractivity contribution in [2.45, 2.75) is 13.3 Å². The third-order valence-corrected chi connectivity index (χ3v) is 3.49. The number of aromatic amines is 1. The maximum Gasteiger partial charge on any atom is 0.271 e. The van der Waals surface area contributed by atoms with Gasteiger partial charge in [-0.3, -0.25) is 9.59 Å². The first-order valence-corrected chi connectivity index (χ1v) is 5.60. The first-order chi connectivity index (χ1) is 7.94. The van der Waals surface area contributed by atoms with E-state index in [0.717, 1.165) is 0 Å². The molecular weight excluding hydrogens is 244 g/mol. The summed E-state index contributed by atoms with van der Waals surface area (Å²) in [6.45, 7) is 2.84. The second-order valence-electron chi connectivity index (χ2n) is 4.47. The molecule has 92 valence electrons. The molecule has 0 aliphatic carbocycles. The Morgan fingerprint density at radius 3 is 3.00 bits per heavy atom. The topological polar surface area (TPSA) is 92.1 Å². The number of aromatic nitrogens is 2. The van der Waals surface area contributed by atoms with Crippen LogP contribution < -0.4 is 16.2 Å². The van der Waals surface area contributed by atoms with Crippen LogP contribution in [0.25, 0.3) is 0 Å². The number of nitrogens with one attached hydrogen (secondary N) is 1. The van der Waals surface area contributed by atoms with Gasteiger partial charge >= 0.3 is 0 Å². The second-order valence-corrected chi connectivity index (χ2v) is 4.84. The molecule has 0 saturated carbocycles. The van der Waals surface area contributed by atoms with Crippen molar-refractivity contribution in [2.75, 3.05) is 18.0 Å². The molecular formula is C10H13ClN4O2. The predicted molar refractivity (Wildman–Crippen MR) is 64.0 cm³/mol.